The number of amides is 1. The topological polar surface area (TPSA) is 76.4 Å². The zero-order chi connectivity index (χ0) is 15.2. The van der Waals surface area contributed by atoms with E-state index in [1.807, 2.05) is 32.0 Å². The summed E-state index contributed by atoms with van der Waals surface area (Å²) in [4.78, 5) is 11.9. The van der Waals surface area contributed by atoms with E-state index < -0.39 is 0 Å². The molecule has 2 rings (SSSR count). The highest BCUT2D eigenvalue weighted by Crippen LogP contribution is 2.16. The summed E-state index contributed by atoms with van der Waals surface area (Å²) in [6, 6.07) is 7.23. The van der Waals surface area contributed by atoms with Crippen LogP contribution in [-0.4, -0.2) is 24.7 Å². The van der Waals surface area contributed by atoms with Gasteiger partial charge in [-0.2, -0.15) is 0 Å². The molecular formula is C15H19N3O3. The molecule has 6 heteroatoms. The number of anilines is 1. The number of rotatable bonds is 6. The minimum absolute atomic E-state index is 0.116. The van der Waals surface area contributed by atoms with Crippen LogP contribution in [0.3, 0.4) is 0 Å². The summed E-state index contributed by atoms with van der Waals surface area (Å²) in [6.45, 7) is 4.49. The van der Waals surface area contributed by atoms with E-state index in [-0.39, 0.29) is 12.5 Å². The van der Waals surface area contributed by atoms with Crippen LogP contribution in [0.1, 0.15) is 17.0 Å². The summed E-state index contributed by atoms with van der Waals surface area (Å²) < 4.78 is 10.2. The maximum Gasteiger partial charge on any atom is 0.238 e. The van der Waals surface area contributed by atoms with E-state index in [1.165, 1.54) is 0 Å². The highest BCUT2D eigenvalue weighted by Gasteiger charge is 2.09. The third-order valence-electron chi connectivity index (χ3n) is 3.12. The Morgan fingerprint density at radius 3 is 2.86 bits per heavy atom. The molecule has 0 spiro atoms. The molecule has 0 atom stereocenters. The van der Waals surface area contributed by atoms with Crippen molar-refractivity contribution in [1.29, 1.82) is 0 Å². The van der Waals surface area contributed by atoms with E-state index in [4.69, 9.17) is 9.26 Å². The fraction of sp³-hybridized carbons (Fsp3) is 0.333. The average Bonchev–Trinajstić information content (AvgIpc) is 2.79. The number of hydrogen-bond acceptors (Lipinski definition) is 5. The van der Waals surface area contributed by atoms with Crippen molar-refractivity contribution in [2.75, 3.05) is 19.0 Å². The SMILES string of the molecule is COc1cccc(NC(=O)CNCc2c(C)noc2C)c1. The van der Waals surface area contributed by atoms with Crippen LogP contribution in [0.25, 0.3) is 0 Å². The number of carbonyl (C=O) groups excluding carboxylic acids is 1. The molecule has 1 heterocycles. The van der Waals surface area contributed by atoms with Gasteiger partial charge in [-0.3, -0.25) is 4.79 Å². The van der Waals surface area contributed by atoms with E-state index in [0.717, 1.165) is 17.0 Å². The van der Waals surface area contributed by atoms with Crippen molar-refractivity contribution >= 4 is 11.6 Å². The van der Waals surface area contributed by atoms with Crippen molar-refractivity contribution in [2.45, 2.75) is 20.4 Å². The fourth-order valence-electron chi connectivity index (χ4n) is 1.96. The van der Waals surface area contributed by atoms with Crippen molar-refractivity contribution in [1.82, 2.24) is 10.5 Å². The Morgan fingerprint density at radius 2 is 2.19 bits per heavy atom. The van der Waals surface area contributed by atoms with Gasteiger partial charge in [-0.1, -0.05) is 11.2 Å². The zero-order valence-corrected chi connectivity index (χ0v) is 12.4. The lowest BCUT2D eigenvalue weighted by atomic mass is 10.2. The molecule has 0 bridgehead atoms. The van der Waals surface area contributed by atoms with E-state index in [0.29, 0.717) is 18.0 Å². The number of hydrogen-bond donors (Lipinski definition) is 2. The molecular weight excluding hydrogens is 270 g/mol. The Labute approximate surface area is 123 Å². The normalized spacial score (nSPS) is 10.4. The van der Waals surface area contributed by atoms with Crippen LogP contribution >= 0.6 is 0 Å². The Morgan fingerprint density at radius 1 is 1.38 bits per heavy atom. The summed E-state index contributed by atoms with van der Waals surface area (Å²) in [7, 11) is 1.59. The molecule has 1 amide bonds. The minimum Gasteiger partial charge on any atom is -0.497 e. The van der Waals surface area contributed by atoms with Crippen molar-refractivity contribution in [3.63, 3.8) is 0 Å². The van der Waals surface area contributed by atoms with Gasteiger partial charge in [-0.25, -0.2) is 0 Å². The Kier molecular flexibility index (Phi) is 4.94. The second kappa shape index (κ2) is 6.90. The van der Waals surface area contributed by atoms with E-state index in [1.54, 1.807) is 13.2 Å². The first-order chi connectivity index (χ1) is 10.1. The lowest BCUT2D eigenvalue weighted by molar-refractivity contribution is -0.115. The van der Waals surface area contributed by atoms with Crippen LogP contribution in [-0.2, 0) is 11.3 Å². The van der Waals surface area contributed by atoms with Crippen molar-refractivity contribution in [3.8, 4) is 5.75 Å². The Balaban J connectivity index is 1.82. The highest BCUT2D eigenvalue weighted by atomic mass is 16.5. The van der Waals surface area contributed by atoms with Crippen LogP contribution in [0, 0.1) is 13.8 Å². The highest BCUT2D eigenvalue weighted by molar-refractivity contribution is 5.92. The molecule has 1 aromatic carbocycles. The smallest absolute Gasteiger partial charge is 0.238 e. The third-order valence-corrected chi connectivity index (χ3v) is 3.12. The summed E-state index contributed by atoms with van der Waals surface area (Å²) in [5.74, 6) is 1.36. The maximum atomic E-state index is 11.9. The molecule has 0 aliphatic carbocycles. The van der Waals surface area contributed by atoms with Crippen LogP contribution < -0.4 is 15.4 Å². The van der Waals surface area contributed by atoms with E-state index >= 15 is 0 Å². The quantitative estimate of drug-likeness (QED) is 0.851. The van der Waals surface area contributed by atoms with Crippen LogP contribution in [0.2, 0.25) is 0 Å². The number of carbonyl (C=O) groups is 1. The van der Waals surface area contributed by atoms with Gasteiger partial charge in [0.15, 0.2) is 0 Å². The Hall–Kier alpha value is -2.34. The number of nitrogens with one attached hydrogen (secondary N) is 2. The van der Waals surface area contributed by atoms with Crippen molar-refractivity contribution in [3.05, 3.63) is 41.3 Å². The molecule has 2 aromatic rings. The molecule has 0 fully saturated rings. The molecule has 21 heavy (non-hydrogen) atoms. The van der Waals surface area contributed by atoms with Gasteiger partial charge in [-0.15, -0.1) is 0 Å². The van der Waals surface area contributed by atoms with E-state index in [2.05, 4.69) is 15.8 Å². The molecule has 112 valence electrons. The standard InChI is InChI=1S/C15H19N3O3/c1-10-14(11(2)21-18-10)8-16-9-15(19)17-12-5-4-6-13(7-12)20-3/h4-7,16H,8-9H2,1-3H3,(H,17,19). The van der Waals surface area contributed by atoms with Crippen LogP contribution in [0.5, 0.6) is 5.75 Å². The van der Waals surface area contributed by atoms with Crippen molar-refractivity contribution in [2.24, 2.45) is 0 Å². The second-order valence-electron chi connectivity index (χ2n) is 4.69. The molecule has 0 saturated carbocycles. The number of benzene rings is 1. The van der Waals surface area contributed by atoms with Gasteiger partial charge in [0, 0.05) is 23.9 Å². The summed E-state index contributed by atoms with van der Waals surface area (Å²) in [6.07, 6.45) is 0. The number of methoxy groups -OCH3 is 1. The predicted molar refractivity (Wildman–Crippen MR) is 79.3 cm³/mol. The molecule has 2 N–H and O–H groups in total. The number of aromatic nitrogens is 1. The molecule has 0 aliphatic rings. The lowest BCUT2D eigenvalue weighted by Gasteiger charge is -2.08. The fourth-order valence-corrected chi connectivity index (χ4v) is 1.96. The van der Waals surface area contributed by atoms with Gasteiger partial charge in [0.25, 0.3) is 0 Å². The van der Waals surface area contributed by atoms with Gasteiger partial charge in [0.1, 0.15) is 11.5 Å². The summed E-state index contributed by atoms with van der Waals surface area (Å²) in [5.41, 5.74) is 2.54. The van der Waals surface area contributed by atoms with Gasteiger partial charge in [0.2, 0.25) is 5.91 Å². The van der Waals surface area contributed by atoms with Gasteiger partial charge >= 0.3 is 0 Å². The molecule has 0 radical (unpaired) electrons. The van der Waals surface area contributed by atoms with Crippen LogP contribution in [0.4, 0.5) is 5.69 Å². The maximum absolute atomic E-state index is 11.9. The Bertz CT molecular complexity index is 603. The monoisotopic (exact) mass is 289 g/mol. The first-order valence-corrected chi connectivity index (χ1v) is 6.66. The second-order valence-corrected chi connectivity index (χ2v) is 4.69. The van der Waals surface area contributed by atoms with E-state index in [9.17, 15) is 4.79 Å². The molecule has 0 aliphatic heterocycles. The van der Waals surface area contributed by atoms with Gasteiger partial charge < -0.3 is 19.9 Å². The summed E-state index contributed by atoms with van der Waals surface area (Å²) in [5, 5.41) is 9.75. The van der Waals surface area contributed by atoms with Gasteiger partial charge in [0.05, 0.1) is 19.3 Å². The summed E-state index contributed by atoms with van der Waals surface area (Å²) >= 11 is 0. The molecule has 0 unspecified atom stereocenters. The largest absolute Gasteiger partial charge is 0.497 e. The molecule has 1 aromatic heterocycles. The number of ether oxygens (including phenoxy) is 1. The average molecular weight is 289 g/mol. The predicted octanol–water partition coefficient (Wildman–Crippen LogP) is 2.03. The molecule has 6 nitrogen and oxygen atoms in total. The number of nitrogens with zero attached hydrogens (tertiary/aromatic N) is 1. The first kappa shape index (κ1) is 15.1. The van der Waals surface area contributed by atoms with Gasteiger partial charge in [-0.05, 0) is 26.0 Å². The first-order valence-electron chi connectivity index (χ1n) is 6.66. The van der Waals surface area contributed by atoms with Crippen molar-refractivity contribution < 1.29 is 14.1 Å². The number of aryl methyl sites for hydroxylation is 2. The molecule has 0 saturated heterocycles. The van der Waals surface area contributed by atoms with Crippen LogP contribution in [0.15, 0.2) is 28.8 Å². The zero-order valence-electron chi connectivity index (χ0n) is 12.4. The third kappa shape index (κ3) is 4.06. The minimum atomic E-state index is -0.116. The lowest BCUT2D eigenvalue weighted by Crippen LogP contribution is -2.28.